The van der Waals surface area contributed by atoms with Crippen LogP contribution in [0, 0.1) is 11.8 Å². The summed E-state index contributed by atoms with van der Waals surface area (Å²) in [6.07, 6.45) is 2.98. The van der Waals surface area contributed by atoms with E-state index in [1.807, 2.05) is 0 Å². The van der Waals surface area contributed by atoms with Gasteiger partial charge in [0, 0.05) is 6.42 Å². The Labute approximate surface area is 60.4 Å². The smallest absolute Gasteiger partial charge is 0.221 e. The number of carbonyl (C=O) groups is 1. The van der Waals surface area contributed by atoms with Crippen molar-refractivity contribution >= 4 is 16.8 Å². The van der Waals surface area contributed by atoms with Crippen LogP contribution in [0.15, 0.2) is 0 Å². The first kappa shape index (κ1) is 7.07. The highest BCUT2D eigenvalue weighted by molar-refractivity contribution is 6.63. The van der Waals surface area contributed by atoms with Crippen LogP contribution in [-0.2, 0) is 4.79 Å². The van der Waals surface area contributed by atoms with Gasteiger partial charge in [-0.15, -0.1) is 0 Å². The quantitative estimate of drug-likeness (QED) is 0.546. The predicted octanol–water partition coefficient (Wildman–Crippen LogP) is 2.19. The van der Waals surface area contributed by atoms with Crippen molar-refractivity contribution in [2.24, 2.45) is 11.8 Å². The lowest BCUT2D eigenvalue weighted by molar-refractivity contribution is -0.113. The SMILES string of the molecule is CC1CC(CC(=O)Cl)C1. The van der Waals surface area contributed by atoms with Crippen LogP contribution in [0.2, 0.25) is 0 Å². The molecule has 0 unspecified atom stereocenters. The van der Waals surface area contributed by atoms with Gasteiger partial charge in [0.15, 0.2) is 0 Å². The Morgan fingerprint density at radius 3 is 2.56 bits per heavy atom. The minimum absolute atomic E-state index is 0.174. The Morgan fingerprint density at radius 1 is 1.67 bits per heavy atom. The minimum atomic E-state index is -0.174. The summed E-state index contributed by atoms with van der Waals surface area (Å²) in [5.74, 6) is 1.43. The maximum absolute atomic E-state index is 10.3. The predicted molar refractivity (Wildman–Crippen MR) is 37.4 cm³/mol. The number of hydrogen-bond acceptors (Lipinski definition) is 1. The lowest BCUT2D eigenvalue weighted by Crippen LogP contribution is -2.22. The van der Waals surface area contributed by atoms with E-state index >= 15 is 0 Å². The molecule has 0 saturated heterocycles. The van der Waals surface area contributed by atoms with E-state index in [2.05, 4.69) is 6.92 Å². The van der Waals surface area contributed by atoms with Crippen LogP contribution in [0.4, 0.5) is 0 Å². The second-order valence-electron chi connectivity index (χ2n) is 3.00. The van der Waals surface area contributed by atoms with Crippen molar-refractivity contribution < 1.29 is 4.79 Å². The molecule has 52 valence electrons. The van der Waals surface area contributed by atoms with Crippen LogP contribution in [0.25, 0.3) is 0 Å². The van der Waals surface area contributed by atoms with E-state index < -0.39 is 0 Å². The molecule has 0 aromatic rings. The first-order valence-electron chi connectivity index (χ1n) is 3.37. The molecule has 1 nitrogen and oxygen atoms in total. The monoisotopic (exact) mass is 146 g/mol. The number of hydrogen-bond donors (Lipinski definition) is 0. The minimum Gasteiger partial charge on any atom is -0.281 e. The van der Waals surface area contributed by atoms with Crippen molar-refractivity contribution in [3.05, 3.63) is 0 Å². The van der Waals surface area contributed by atoms with Gasteiger partial charge < -0.3 is 0 Å². The molecule has 0 aliphatic heterocycles. The first-order chi connectivity index (χ1) is 4.18. The summed E-state index contributed by atoms with van der Waals surface area (Å²) in [6, 6.07) is 0. The molecule has 0 radical (unpaired) electrons. The van der Waals surface area contributed by atoms with Gasteiger partial charge in [0.1, 0.15) is 0 Å². The van der Waals surface area contributed by atoms with Gasteiger partial charge in [0.2, 0.25) is 5.24 Å². The van der Waals surface area contributed by atoms with Crippen LogP contribution in [0.5, 0.6) is 0 Å². The molecule has 0 N–H and O–H groups in total. The standard InChI is InChI=1S/C7H11ClO/c1-5-2-6(3-5)4-7(8)9/h5-6H,2-4H2,1H3. The van der Waals surface area contributed by atoms with Gasteiger partial charge in [-0.1, -0.05) is 6.92 Å². The van der Waals surface area contributed by atoms with Crippen molar-refractivity contribution in [1.82, 2.24) is 0 Å². The largest absolute Gasteiger partial charge is 0.281 e. The van der Waals surface area contributed by atoms with Gasteiger partial charge >= 0.3 is 0 Å². The number of halogens is 1. The first-order valence-corrected chi connectivity index (χ1v) is 3.74. The summed E-state index contributed by atoms with van der Waals surface area (Å²) < 4.78 is 0. The van der Waals surface area contributed by atoms with Crippen LogP contribution in [-0.4, -0.2) is 5.24 Å². The molecule has 1 aliphatic rings. The van der Waals surface area contributed by atoms with Gasteiger partial charge in [-0.05, 0) is 36.3 Å². The third-order valence-electron chi connectivity index (χ3n) is 1.92. The van der Waals surface area contributed by atoms with Crippen LogP contribution < -0.4 is 0 Å². The normalized spacial score (nSPS) is 33.6. The van der Waals surface area contributed by atoms with Gasteiger partial charge in [-0.25, -0.2) is 0 Å². The zero-order valence-corrected chi connectivity index (χ0v) is 6.32. The summed E-state index contributed by atoms with van der Waals surface area (Å²) >= 11 is 5.19. The van der Waals surface area contributed by atoms with Crippen molar-refractivity contribution in [1.29, 1.82) is 0 Å². The molecule has 9 heavy (non-hydrogen) atoms. The molecule has 1 fully saturated rings. The van der Waals surface area contributed by atoms with E-state index in [1.165, 1.54) is 12.8 Å². The van der Waals surface area contributed by atoms with Gasteiger partial charge in [0.05, 0.1) is 0 Å². The molecule has 0 aromatic heterocycles. The summed E-state index contributed by atoms with van der Waals surface area (Å²) in [4.78, 5) is 10.3. The van der Waals surface area contributed by atoms with Gasteiger partial charge in [-0.2, -0.15) is 0 Å². The molecule has 0 amide bonds. The van der Waals surface area contributed by atoms with E-state index in [0.29, 0.717) is 12.3 Å². The molecule has 0 spiro atoms. The molecular formula is C7H11ClO. The summed E-state index contributed by atoms with van der Waals surface area (Å²) in [5.41, 5.74) is 0. The molecule has 0 atom stereocenters. The fraction of sp³-hybridized carbons (Fsp3) is 0.857. The lowest BCUT2D eigenvalue weighted by Gasteiger charge is -2.31. The summed E-state index contributed by atoms with van der Waals surface area (Å²) in [5, 5.41) is -0.174. The Morgan fingerprint density at radius 2 is 2.22 bits per heavy atom. The van der Waals surface area contributed by atoms with E-state index in [0.717, 1.165) is 5.92 Å². The maximum atomic E-state index is 10.3. The fourth-order valence-electron chi connectivity index (χ4n) is 1.46. The highest BCUT2D eigenvalue weighted by Gasteiger charge is 2.26. The summed E-state index contributed by atoms with van der Waals surface area (Å²) in [7, 11) is 0. The van der Waals surface area contributed by atoms with E-state index in [1.54, 1.807) is 0 Å². The fourth-order valence-corrected chi connectivity index (χ4v) is 1.68. The molecule has 0 heterocycles. The summed E-state index contributed by atoms with van der Waals surface area (Å²) in [6.45, 7) is 2.20. The van der Waals surface area contributed by atoms with Crippen LogP contribution in [0.1, 0.15) is 26.2 Å². The molecular weight excluding hydrogens is 136 g/mol. The third kappa shape index (κ3) is 1.98. The van der Waals surface area contributed by atoms with Crippen LogP contribution >= 0.6 is 11.6 Å². The van der Waals surface area contributed by atoms with Crippen molar-refractivity contribution in [3.8, 4) is 0 Å². The molecule has 1 saturated carbocycles. The van der Waals surface area contributed by atoms with Gasteiger partial charge in [-0.3, -0.25) is 4.79 Å². The Bertz CT molecular complexity index is 116. The number of rotatable bonds is 2. The van der Waals surface area contributed by atoms with E-state index in [-0.39, 0.29) is 5.24 Å². The third-order valence-corrected chi connectivity index (χ3v) is 2.07. The van der Waals surface area contributed by atoms with E-state index in [4.69, 9.17) is 11.6 Å². The van der Waals surface area contributed by atoms with E-state index in [9.17, 15) is 4.79 Å². The zero-order valence-electron chi connectivity index (χ0n) is 5.56. The molecule has 0 aromatic carbocycles. The van der Waals surface area contributed by atoms with Crippen molar-refractivity contribution in [3.63, 3.8) is 0 Å². The molecule has 2 heteroatoms. The highest BCUT2D eigenvalue weighted by Crippen LogP contribution is 2.35. The lowest BCUT2D eigenvalue weighted by atomic mass is 9.75. The Kier molecular flexibility index (Phi) is 2.12. The second-order valence-corrected chi connectivity index (χ2v) is 3.42. The van der Waals surface area contributed by atoms with Crippen LogP contribution in [0.3, 0.4) is 0 Å². The number of carbonyl (C=O) groups excluding carboxylic acids is 1. The highest BCUT2D eigenvalue weighted by atomic mass is 35.5. The van der Waals surface area contributed by atoms with Gasteiger partial charge in [0.25, 0.3) is 0 Å². The molecule has 1 aliphatic carbocycles. The average molecular weight is 147 g/mol. The molecule has 0 bridgehead atoms. The Hall–Kier alpha value is -0.0400. The van der Waals surface area contributed by atoms with Crippen molar-refractivity contribution in [2.45, 2.75) is 26.2 Å². The zero-order chi connectivity index (χ0) is 6.85. The topological polar surface area (TPSA) is 17.1 Å². The maximum Gasteiger partial charge on any atom is 0.221 e. The Balaban J connectivity index is 2.11. The average Bonchev–Trinajstić information content (AvgIpc) is 1.60. The second kappa shape index (κ2) is 2.70. The van der Waals surface area contributed by atoms with Crippen molar-refractivity contribution in [2.75, 3.05) is 0 Å². The molecule has 1 rings (SSSR count).